The molecule has 0 bridgehead atoms. The first kappa shape index (κ1) is 29.9. The van der Waals surface area contributed by atoms with E-state index in [1.54, 1.807) is 48.5 Å². The number of anilines is 2. The summed E-state index contributed by atoms with van der Waals surface area (Å²) in [6.45, 7) is 0.965. The molecule has 4 N–H and O–H groups in total. The number of benzene rings is 3. The second-order valence-corrected chi connectivity index (χ2v) is 11.7. The Balaban J connectivity index is 1.43. The van der Waals surface area contributed by atoms with Crippen molar-refractivity contribution in [3.8, 4) is 5.75 Å². The lowest BCUT2D eigenvalue weighted by Gasteiger charge is -2.31. The quantitative estimate of drug-likeness (QED) is 0.291. The van der Waals surface area contributed by atoms with Crippen molar-refractivity contribution >= 4 is 52.3 Å². The van der Waals surface area contributed by atoms with Gasteiger partial charge in [-0.25, -0.2) is 0 Å². The maximum Gasteiger partial charge on any atom is 0.265 e. The Hall–Kier alpha value is -3.59. The number of nitrogens with zero attached hydrogens (tertiary/aromatic N) is 1. The van der Waals surface area contributed by atoms with Crippen molar-refractivity contribution in [2.45, 2.75) is 38.1 Å². The van der Waals surface area contributed by atoms with Crippen LogP contribution in [0.5, 0.6) is 5.75 Å². The smallest absolute Gasteiger partial charge is 0.265 e. The molecule has 3 aromatic carbocycles. The molecule has 3 amide bonds. The molecule has 1 aliphatic heterocycles. The van der Waals surface area contributed by atoms with E-state index in [9.17, 15) is 14.4 Å². The van der Waals surface area contributed by atoms with Gasteiger partial charge in [-0.05, 0) is 85.7 Å². The number of fused-ring (bicyclic) bond motifs is 1. The first-order valence-corrected chi connectivity index (χ1v) is 14.9. The van der Waals surface area contributed by atoms with Crippen molar-refractivity contribution in [3.05, 3.63) is 87.9 Å². The fraction of sp³-hybridized carbons (Fsp3) is 0.344. The number of nitrogens with one attached hydrogen (secondary N) is 2. The Morgan fingerprint density at radius 3 is 2.57 bits per heavy atom. The fourth-order valence-electron chi connectivity index (χ4n) is 5.82. The van der Waals surface area contributed by atoms with Gasteiger partial charge in [-0.1, -0.05) is 53.9 Å². The highest BCUT2D eigenvalue weighted by atomic mass is 35.5. The van der Waals surface area contributed by atoms with E-state index in [-0.39, 0.29) is 30.7 Å². The number of halogens is 2. The molecule has 42 heavy (non-hydrogen) atoms. The third-order valence-corrected chi connectivity index (χ3v) is 8.52. The summed E-state index contributed by atoms with van der Waals surface area (Å²) in [6.07, 6.45) is 4.27. The molecule has 0 saturated heterocycles. The van der Waals surface area contributed by atoms with Crippen LogP contribution in [0.1, 0.15) is 54.1 Å². The van der Waals surface area contributed by atoms with E-state index in [2.05, 4.69) is 10.6 Å². The number of hydrogen-bond donors (Lipinski definition) is 3. The highest BCUT2D eigenvalue weighted by Crippen LogP contribution is 2.41. The van der Waals surface area contributed by atoms with Gasteiger partial charge in [0, 0.05) is 22.2 Å². The molecule has 1 heterocycles. The SMILES string of the molecule is NCC1CCCC(CNC(=O)c2ccc3c(c2)NC(=O)CC(c2ccc(Cl)cc2Cl)N3C(=O)COc2ccccc2)C1. The molecule has 3 aromatic rings. The third kappa shape index (κ3) is 7.06. The minimum atomic E-state index is -0.732. The van der Waals surface area contributed by atoms with Crippen LogP contribution in [0.3, 0.4) is 0 Å². The summed E-state index contributed by atoms with van der Waals surface area (Å²) in [4.78, 5) is 41.6. The van der Waals surface area contributed by atoms with Crippen LogP contribution in [0.15, 0.2) is 66.7 Å². The summed E-state index contributed by atoms with van der Waals surface area (Å²) in [5, 5.41) is 6.71. The third-order valence-electron chi connectivity index (χ3n) is 7.95. The molecule has 0 spiro atoms. The molecular formula is C32H34Cl2N4O4. The molecule has 3 atom stereocenters. The lowest BCUT2D eigenvalue weighted by molar-refractivity contribution is -0.121. The first-order valence-electron chi connectivity index (χ1n) is 14.2. The summed E-state index contributed by atoms with van der Waals surface area (Å²) in [5.74, 6) is 0.489. The summed E-state index contributed by atoms with van der Waals surface area (Å²) in [7, 11) is 0. The Labute approximate surface area is 255 Å². The fourth-order valence-corrected chi connectivity index (χ4v) is 6.36. The van der Waals surface area contributed by atoms with Gasteiger partial charge in [0.1, 0.15) is 5.75 Å². The van der Waals surface area contributed by atoms with Crippen LogP contribution in [0.25, 0.3) is 0 Å². The summed E-state index contributed by atoms with van der Waals surface area (Å²) < 4.78 is 5.78. The van der Waals surface area contributed by atoms with Gasteiger partial charge in [0.05, 0.1) is 23.8 Å². The van der Waals surface area contributed by atoms with E-state index >= 15 is 0 Å². The summed E-state index contributed by atoms with van der Waals surface area (Å²) >= 11 is 12.7. The topological polar surface area (TPSA) is 114 Å². The Bertz CT molecular complexity index is 1450. The first-order chi connectivity index (χ1) is 20.3. The Morgan fingerprint density at radius 2 is 1.81 bits per heavy atom. The molecule has 5 rings (SSSR count). The van der Waals surface area contributed by atoms with E-state index in [1.807, 2.05) is 18.2 Å². The van der Waals surface area contributed by atoms with Gasteiger partial charge >= 0.3 is 0 Å². The predicted molar refractivity (Wildman–Crippen MR) is 165 cm³/mol. The van der Waals surface area contributed by atoms with Gasteiger partial charge < -0.3 is 21.1 Å². The van der Waals surface area contributed by atoms with E-state index in [0.29, 0.717) is 63.2 Å². The summed E-state index contributed by atoms with van der Waals surface area (Å²) in [5.41, 5.74) is 7.62. The van der Waals surface area contributed by atoms with E-state index in [0.717, 1.165) is 25.7 Å². The number of amides is 3. The maximum absolute atomic E-state index is 13.8. The van der Waals surface area contributed by atoms with Gasteiger partial charge in [0.2, 0.25) is 5.91 Å². The number of rotatable bonds is 8. The Kier molecular flexibility index (Phi) is 9.67. The predicted octanol–water partition coefficient (Wildman–Crippen LogP) is 5.98. The van der Waals surface area contributed by atoms with Crippen molar-refractivity contribution in [1.29, 1.82) is 0 Å². The van der Waals surface area contributed by atoms with Crippen molar-refractivity contribution in [2.75, 3.05) is 29.9 Å². The maximum atomic E-state index is 13.8. The van der Waals surface area contributed by atoms with E-state index in [1.165, 1.54) is 4.90 Å². The van der Waals surface area contributed by atoms with Gasteiger partial charge in [-0.15, -0.1) is 0 Å². The summed E-state index contributed by atoms with van der Waals surface area (Å²) in [6, 6.07) is 18.2. The largest absolute Gasteiger partial charge is 0.484 e. The highest BCUT2D eigenvalue weighted by Gasteiger charge is 2.35. The molecule has 220 valence electrons. The van der Waals surface area contributed by atoms with Crippen LogP contribution in [0.4, 0.5) is 11.4 Å². The van der Waals surface area contributed by atoms with Gasteiger partial charge in [0.25, 0.3) is 11.8 Å². The standard InChI is InChI=1S/C32H34Cl2N4O4/c33-23-10-11-25(26(34)15-23)29-16-30(39)37-27-14-22(32(41)36-18-21-6-4-5-20(13-21)17-35)9-12-28(27)38(29)31(40)19-42-24-7-2-1-3-8-24/h1-3,7-12,14-15,20-21,29H,4-6,13,16-19,35H2,(H,36,41)(H,37,39). The average molecular weight is 610 g/mol. The van der Waals surface area contributed by atoms with Crippen molar-refractivity contribution in [2.24, 2.45) is 17.6 Å². The molecule has 1 saturated carbocycles. The van der Waals surface area contributed by atoms with Gasteiger partial charge in [-0.2, -0.15) is 0 Å². The van der Waals surface area contributed by atoms with Crippen LogP contribution < -0.4 is 26.0 Å². The molecule has 0 radical (unpaired) electrons. The second-order valence-electron chi connectivity index (χ2n) is 10.9. The zero-order valence-electron chi connectivity index (χ0n) is 23.2. The van der Waals surface area contributed by atoms with Crippen LogP contribution in [0, 0.1) is 11.8 Å². The van der Waals surface area contributed by atoms with E-state index in [4.69, 9.17) is 33.7 Å². The van der Waals surface area contributed by atoms with Crippen LogP contribution >= 0.6 is 23.2 Å². The van der Waals surface area contributed by atoms with Gasteiger partial charge in [0.15, 0.2) is 6.61 Å². The Morgan fingerprint density at radius 1 is 1.02 bits per heavy atom. The number of hydrogen-bond acceptors (Lipinski definition) is 5. The van der Waals surface area contributed by atoms with Gasteiger partial charge in [-0.3, -0.25) is 19.3 Å². The molecule has 3 unspecified atom stereocenters. The van der Waals surface area contributed by atoms with Crippen LogP contribution in [0.2, 0.25) is 10.0 Å². The van der Waals surface area contributed by atoms with Crippen molar-refractivity contribution in [3.63, 3.8) is 0 Å². The highest BCUT2D eigenvalue weighted by molar-refractivity contribution is 6.35. The minimum Gasteiger partial charge on any atom is -0.484 e. The monoisotopic (exact) mass is 608 g/mol. The molecule has 1 fully saturated rings. The molecule has 2 aliphatic rings. The number of ether oxygens (including phenoxy) is 1. The molecule has 10 heteroatoms. The van der Waals surface area contributed by atoms with E-state index < -0.39 is 6.04 Å². The number of nitrogens with two attached hydrogens (primary N) is 1. The van der Waals surface area contributed by atoms with Crippen molar-refractivity contribution in [1.82, 2.24) is 5.32 Å². The second kappa shape index (κ2) is 13.6. The minimum absolute atomic E-state index is 0.0569. The van der Waals surface area contributed by atoms with Crippen LogP contribution in [-0.2, 0) is 9.59 Å². The normalized spacial score (nSPS) is 20.2. The number of carbonyl (C=O) groups is 3. The van der Waals surface area contributed by atoms with Crippen LogP contribution in [-0.4, -0.2) is 37.4 Å². The zero-order chi connectivity index (χ0) is 29.6. The average Bonchev–Trinajstić information content (AvgIpc) is 3.14. The molecule has 8 nitrogen and oxygen atoms in total. The number of para-hydroxylation sites is 1. The molecule has 1 aliphatic carbocycles. The lowest BCUT2D eigenvalue weighted by Crippen LogP contribution is -2.38. The zero-order valence-corrected chi connectivity index (χ0v) is 24.7. The molecular weight excluding hydrogens is 575 g/mol. The lowest BCUT2D eigenvalue weighted by atomic mass is 9.81. The molecule has 0 aromatic heterocycles. The number of carbonyl (C=O) groups excluding carboxylic acids is 3. The van der Waals surface area contributed by atoms with Crippen molar-refractivity contribution < 1.29 is 19.1 Å².